The van der Waals surface area contributed by atoms with Gasteiger partial charge in [-0.1, -0.05) is 30.7 Å². The third-order valence-corrected chi connectivity index (χ3v) is 6.26. The number of amides is 1. The molecule has 3 rings (SSSR count). The van der Waals surface area contributed by atoms with Crippen molar-refractivity contribution in [2.75, 3.05) is 6.61 Å². The van der Waals surface area contributed by atoms with E-state index in [0.29, 0.717) is 13.2 Å². The molecule has 0 spiro atoms. The van der Waals surface area contributed by atoms with E-state index in [2.05, 4.69) is 30.4 Å². The van der Waals surface area contributed by atoms with Gasteiger partial charge in [-0.05, 0) is 65.0 Å². The molecule has 0 bridgehead atoms. The van der Waals surface area contributed by atoms with Gasteiger partial charge in [-0.3, -0.25) is 4.79 Å². The highest BCUT2D eigenvalue weighted by atomic mass is 16.5. The second-order valence-electron chi connectivity index (χ2n) is 9.66. The number of ether oxygens (including phenoxy) is 2. The quantitative estimate of drug-likeness (QED) is 0.352. The molecule has 180 valence electrons. The first kappa shape index (κ1) is 25.1. The number of para-hydroxylation sites is 1. The van der Waals surface area contributed by atoms with E-state index in [-0.39, 0.29) is 24.5 Å². The van der Waals surface area contributed by atoms with Crippen molar-refractivity contribution in [3.63, 3.8) is 0 Å². The van der Waals surface area contributed by atoms with Crippen molar-refractivity contribution in [1.82, 2.24) is 10.3 Å². The molecule has 1 N–H and O–H groups in total. The highest BCUT2D eigenvalue weighted by Gasteiger charge is 2.27. The average Bonchev–Trinajstić information content (AvgIpc) is 2.80. The third kappa shape index (κ3) is 6.97. The Labute approximate surface area is 196 Å². The second-order valence-corrected chi connectivity index (χ2v) is 9.66. The van der Waals surface area contributed by atoms with Crippen LogP contribution in [0, 0.1) is 11.8 Å². The molecule has 0 unspecified atom stereocenters. The van der Waals surface area contributed by atoms with Gasteiger partial charge in [0.2, 0.25) is 5.91 Å². The van der Waals surface area contributed by atoms with Gasteiger partial charge in [-0.2, -0.15) is 4.91 Å². The van der Waals surface area contributed by atoms with Gasteiger partial charge in [0.25, 0.3) is 0 Å². The smallest absolute Gasteiger partial charge is 0.222 e. The number of rotatable bonds is 11. The standard InChI is InChI=1S/C26H37N3O4/c1-5-6-15-32-25-18(2)23(28-22-10-8-7-9-21(22)25)17-33-20-13-11-19(12-14-20)27-24(30)16-26(3,4)29-31/h7-10,19-20H,5-6,11-17H2,1-4H3,(H,27,30)/t19-,20-. The topological polar surface area (TPSA) is 89.9 Å². The molecule has 1 fully saturated rings. The monoisotopic (exact) mass is 455 g/mol. The highest BCUT2D eigenvalue weighted by molar-refractivity contribution is 5.86. The summed E-state index contributed by atoms with van der Waals surface area (Å²) in [6.07, 6.45) is 5.85. The lowest BCUT2D eigenvalue weighted by molar-refractivity contribution is -0.123. The Morgan fingerprint density at radius 3 is 2.64 bits per heavy atom. The van der Waals surface area contributed by atoms with Crippen LogP contribution in [-0.4, -0.2) is 35.2 Å². The molecular weight excluding hydrogens is 418 g/mol. The predicted molar refractivity (Wildman–Crippen MR) is 130 cm³/mol. The largest absolute Gasteiger partial charge is 0.493 e. The van der Waals surface area contributed by atoms with Crippen LogP contribution >= 0.6 is 0 Å². The molecule has 1 saturated carbocycles. The van der Waals surface area contributed by atoms with E-state index in [9.17, 15) is 9.70 Å². The second kappa shape index (κ2) is 11.5. The van der Waals surface area contributed by atoms with Crippen LogP contribution in [0.1, 0.15) is 77.0 Å². The highest BCUT2D eigenvalue weighted by Crippen LogP contribution is 2.32. The number of fused-ring (bicyclic) bond motifs is 1. The van der Waals surface area contributed by atoms with Gasteiger partial charge >= 0.3 is 0 Å². The Kier molecular flexibility index (Phi) is 8.78. The van der Waals surface area contributed by atoms with Crippen LogP contribution in [0.5, 0.6) is 5.75 Å². The number of nitrogens with one attached hydrogen (secondary N) is 1. The summed E-state index contributed by atoms with van der Waals surface area (Å²) in [6, 6.07) is 8.20. The first-order valence-electron chi connectivity index (χ1n) is 12.1. The van der Waals surface area contributed by atoms with Crippen LogP contribution < -0.4 is 10.1 Å². The Hall–Kier alpha value is -2.54. The Bertz CT molecular complexity index is 952. The number of hydrogen-bond donors (Lipinski definition) is 1. The van der Waals surface area contributed by atoms with Gasteiger partial charge in [-0.15, -0.1) is 0 Å². The predicted octanol–water partition coefficient (Wildman–Crippen LogP) is 5.60. The van der Waals surface area contributed by atoms with Crippen molar-refractivity contribution in [2.45, 2.75) is 96.9 Å². The number of nitrogens with zero attached hydrogens (tertiary/aromatic N) is 2. The number of unbranched alkanes of at least 4 members (excludes halogenated alkanes) is 1. The van der Waals surface area contributed by atoms with Crippen molar-refractivity contribution < 1.29 is 14.3 Å². The lowest BCUT2D eigenvalue weighted by Crippen LogP contribution is -2.41. The van der Waals surface area contributed by atoms with Crippen molar-refractivity contribution in [3.05, 3.63) is 40.4 Å². The number of pyridine rings is 1. The number of aromatic nitrogens is 1. The summed E-state index contributed by atoms with van der Waals surface area (Å²) < 4.78 is 12.4. The van der Waals surface area contributed by atoms with Gasteiger partial charge in [0.15, 0.2) is 0 Å². The summed E-state index contributed by atoms with van der Waals surface area (Å²) in [5.74, 6) is 0.794. The maximum atomic E-state index is 12.2. The molecule has 1 aromatic carbocycles. The van der Waals surface area contributed by atoms with Crippen molar-refractivity contribution in [2.24, 2.45) is 5.18 Å². The van der Waals surface area contributed by atoms with E-state index in [4.69, 9.17) is 14.5 Å². The molecule has 33 heavy (non-hydrogen) atoms. The molecule has 0 atom stereocenters. The molecule has 2 aromatic rings. The molecule has 0 saturated heterocycles. The minimum absolute atomic E-state index is 0.114. The minimum atomic E-state index is -0.867. The van der Waals surface area contributed by atoms with E-state index in [1.165, 1.54) is 0 Å². The summed E-state index contributed by atoms with van der Waals surface area (Å²) in [5, 5.41) is 7.11. The van der Waals surface area contributed by atoms with Gasteiger partial charge in [0, 0.05) is 17.0 Å². The molecule has 1 amide bonds. The lowest BCUT2D eigenvalue weighted by Gasteiger charge is -2.30. The van der Waals surface area contributed by atoms with Crippen molar-refractivity contribution >= 4 is 16.8 Å². The first-order valence-corrected chi connectivity index (χ1v) is 12.1. The van der Waals surface area contributed by atoms with Crippen LogP contribution in [0.15, 0.2) is 29.4 Å². The van der Waals surface area contributed by atoms with Crippen molar-refractivity contribution in [3.8, 4) is 5.75 Å². The molecule has 7 nitrogen and oxygen atoms in total. The van der Waals surface area contributed by atoms with Crippen LogP contribution in [0.25, 0.3) is 10.9 Å². The number of carbonyl (C=O) groups is 1. The normalized spacial score (nSPS) is 18.8. The van der Waals surface area contributed by atoms with Crippen LogP contribution in [0.3, 0.4) is 0 Å². The van der Waals surface area contributed by atoms with E-state index >= 15 is 0 Å². The lowest BCUT2D eigenvalue weighted by atomic mass is 9.92. The number of nitroso groups, excluding NO2 is 1. The number of carbonyl (C=O) groups excluding carboxylic acids is 1. The molecule has 1 aliphatic rings. The first-order chi connectivity index (χ1) is 15.8. The Morgan fingerprint density at radius 2 is 1.94 bits per heavy atom. The van der Waals surface area contributed by atoms with E-state index in [0.717, 1.165) is 66.4 Å². The molecule has 1 heterocycles. The zero-order valence-electron chi connectivity index (χ0n) is 20.4. The zero-order chi connectivity index (χ0) is 23.8. The fourth-order valence-electron chi connectivity index (χ4n) is 4.25. The SMILES string of the molecule is CCCCOc1c(C)c(CO[C@H]2CC[C@H](NC(=O)CC(C)(C)N=O)CC2)nc2ccccc12. The molecule has 1 aromatic heterocycles. The maximum absolute atomic E-state index is 12.2. The van der Waals surface area contributed by atoms with Crippen LogP contribution in [0.4, 0.5) is 0 Å². The molecular formula is C26H37N3O4. The molecule has 7 heteroatoms. The Balaban J connectivity index is 1.56. The number of benzene rings is 1. The molecule has 1 aliphatic carbocycles. The summed E-state index contributed by atoms with van der Waals surface area (Å²) in [6.45, 7) is 8.70. The minimum Gasteiger partial charge on any atom is -0.493 e. The maximum Gasteiger partial charge on any atom is 0.222 e. The van der Waals surface area contributed by atoms with Crippen LogP contribution in [0.2, 0.25) is 0 Å². The van der Waals surface area contributed by atoms with Crippen LogP contribution in [-0.2, 0) is 16.1 Å². The van der Waals surface area contributed by atoms with Gasteiger partial charge < -0.3 is 14.8 Å². The van der Waals surface area contributed by atoms with Gasteiger partial charge in [0.1, 0.15) is 11.3 Å². The Morgan fingerprint density at radius 1 is 1.21 bits per heavy atom. The third-order valence-electron chi connectivity index (χ3n) is 6.26. The van der Waals surface area contributed by atoms with E-state index < -0.39 is 5.54 Å². The summed E-state index contributed by atoms with van der Waals surface area (Å²) in [7, 11) is 0. The van der Waals surface area contributed by atoms with Gasteiger partial charge in [-0.25, -0.2) is 4.98 Å². The van der Waals surface area contributed by atoms with E-state index in [1.54, 1.807) is 13.8 Å². The summed E-state index contributed by atoms with van der Waals surface area (Å²) in [4.78, 5) is 27.8. The van der Waals surface area contributed by atoms with E-state index in [1.807, 2.05) is 18.2 Å². The molecule has 0 radical (unpaired) electrons. The molecule has 0 aliphatic heterocycles. The average molecular weight is 456 g/mol. The fourth-order valence-corrected chi connectivity index (χ4v) is 4.25. The zero-order valence-corrected chi connectivity index (χ0v) is 20.4. The van der Waals surface area contributed by atoms with Crippen molar-refractivity contribution in [1.29, 1.82) is 0 Å². The fraction of sp³-hybridized carbons (Fsp3) is 0.615. The number of hydrogen-bond acceptors (Lipinski definition) is 6. The summed E-state index contributed by atoms with van der Waals surface area (Å²) in [5.41, 5.74) is 2.01. The summed E-state index contributed by atoms with van der Waals surface area (Å²) >= 11 is 0. The van der Waals surface area contributed by atoms with Gasteiger partial charge in [0.05, 0.1) is 36.9 Å².